The lowest BCUT2D eigenvalue weighted by Crippen LogP contribution is -2.26. The minimum atomic E-state index is -4.51. The maximum absolute atomic E-state index is 13.0. The molecule has 0 radical (unpaired) electrons. The molecule has 5 nitrogen and oxygen atoms in total. The molecule has 1 fully saturated rings. The number of rotatable bonds is 5. The molecule has 1 aliphatic rings. The molecule has 1 amide bonds. The van der Waals surface area contributed by atoms with Crippen molar-refractivity contribution in [3.05, 3.63) is 80.5 Å². The summed E-state index contributed by atoms with van der Waals surface area (Å²) in [6.07, 6.45) is -2.88. The molecule has 0 saturated carbocycles. The molecule has 0 spiro atoms. The Morgan fingerprint density at radius 1 is 1.06 bits per heavy atom. The monoisotopic (exact) mass is 545 g/mol. The Bertz CT molecular complexity index is 1310. The maximum atomic E-state index is 13.0. The highest BCUT2D eigenvalue weighted by Gasteiger charge is 2.32. The third-order valence-electron chi connectivity index (χ3n) is 4.71. The van der Waals surface area contributed by atoms with E-state index in [0.717, 1.165) is 23.8 Å². The Labute approximate surface area is 211 Å². The first-order chi connectivity index (χ1) is 16.1. The zero-order valence-corrected chi connectivity index (χ0v) is 20.0. The van der Waals surface area contributed by atoms with Crippen molar-refractivity contribution in [1.29, 1.82) is 0 Å². The van der Waals surface area contributed by atoms with Crippen LogP contribution in [0, 0.1) is 0 Å². The fourth-order valence-corrected chi connectivity index (χ4v) is 4.63. The van der Waals surface area contributed by atoms with Crippen LogP contribution < -0.4 is 5.32 Å². The van der Waals surface area contributed by atoms with Crippen LogP contribution >= 0.6 is 46.6 Å². The van der Waals surface area contributed by atoms with Gasteiger partial charge >= 0.3 is 6.18 Å². The number of nitrogens with one attached hydrogen (secondary N) is 1. The van der Waals surface area contributed by atoms with E-state index in [-0.39, 0.29) is 33.2 Å². The summed E-state index contributed by atoms with van der Waals surface area (Å²) in [4.78, 5) is 12.3. The van der Waals surface area contributed by atoms with Crippen molar-refractivity contribution >= 4 is 63.9 Å². The van der Waals surface area contributed by atoms with Crippen LogP contribution in [0.2, 0.25) is 15.1 Å². The quantitative estimate of drug-likeness (QED) is 0.274. The summed E-state index contributed by atoms with van der Waals surface area (Å²) >= 11 is 19.4. The van der Waals surface area contributed by atoms with E-state index >= 15 is 0 Å². The standard InChI is InChI=1S/C22H13Cl3F3N3O2S/c23-13-2-5-16(24)11(7-13)8-19-20(32)30-21(34-19)31-29-10-14-3-6-18(33-14)15-9-12(22(26,27)28)1-4-17(15)25/h1-7,9-10,19H,8H2,(H,30,31,32)/b29-10+. The number of furan rings is 1. The normalized spacial score (nSPS) is 17.6. The zero-order valence-electron chi connectivity index (χ0n) is 16.9. The van der Waals surface area contributed by atoms with Crippen LogP contribution in [-0.2, 0) is 17.4 Å². The molecule has 0 bridgehead atoms. The van der Waals surface area contributed by atoms with Crippen molar-refractivity contribution in [3.8, 4) is 11.3 Å². The van der Waals surface area contributed by atoms with Crippen molar-refractivity contribution in [2.24, 2.45) is 10.2 Å². The van der Waals surface area contributed by atoms with E-state index < -0.39 is 17.0 Å². The summed E-state index contributed by atoms with van der Waals surface area (Å²) in [6.45, 7) is 0. The average Bonchev–Trinajstić information content (AvgIpc) is 3.37. The molecule has 12 heteroatoms. The van der Waals surface area contributed by atoms with Gasteiger partial charge in [-0.05, 0) is 60.5 Å². The largest absolute Gasteiger partial charge is 0.455 e. The number of alkyl halides is 3. The van der Waals surface area contributed by atoms with Gasteiger partial charge in [0, 0.05) is 15.6 Å². The van der Waals surface area contributed by atoms with Crippen molar-refractivity contribution in [2.45, 2.75) is 17.8 Å². The summed E-state index contributed by atoms with van der Waals surface area (Å²) in [5.74, 6) is 0.145. The molecule has 1 aromatic heterocycles. The van der Waals surface area contributed by atoms with Crippen molar-refractivity contribution in [2.75, 3.05) is 0 Å². The minimum absolute atomic E-state index is 0.101. The molecule has 34 heavy (non-hydrogen) atoms. The first-order valence-electron chi connectivity index (χ1n) is 9.59. The van der Waals surface area contributed by atoms with Gasteiger partial charge in [-0.2, -0.15) is 18.3 Å². The maximum Gasteiger partial charge on any atom is 0.416 e. The smallest absolute Gasteiger partial charge is 0.416 e. The predicted molar refractivity (Wildman–Crippen MR) is 129 cm³/mol. The van der Waals surface area contributed by atoms with Crippen LogP contribution in [0.15, 0.2) is 63.2 Å². The number of benzene rings is 2. The lowest BCUT2D eigenvalue weighted by Gasteiger charge is -2.08. The molecule has 0 aliphatic carbocycles. The van der Waals surface area contributed by atoms with Gasteiger partial charge in [-0.1, -0.05) is 46.6 Å². The number of amidine groups is 1. The molecule has 176 valence electrons. The van der Waals surface area contributed by atoms with E-state index in [1.165, 1.54) is 30.1 Å². The first kappa shape index (κ1) is 24.7. The molecule has 1 saturated heterocycles. The number of nitrogens with zero attached hydrogens (tertiary/aromatic N) is 2. The average molecular weight is 547 g/mol. The fraction of sp³-hybridized carbons (Fsp3) is 0.136. The van der Waals surface area contributed by atoms with E-state index in [4.69, 9.17) is 39.2 Å². The lowest BCUT2D eigenvalue weighted by atomic mass is 10.1. The van der Waals surface area contributed by atoms with Crippen LogP contribution in [0.5, 0.6) is 0 Å². The van der Waals surface area contributed by atoms with Gasteiger partial charge in [0.05, 0.1) is 22.1 Å². The molecule has 1 N–H and O–H groups in total. The molecule has 4 rings (SSSR count). The number of hydrogen-bond acceptors (Lipinski definition) is 5. The Morgan fingerprint density at radius 3 is 2.59 bits per heavy atom. The third-order valence-corrected chi connectivity index (χ3v) is 6.71. The van der Waals surface area contributed by atoms with Crippen molar-refractivity contribution < 1.29 is 22.4 Å². The number of thioether (sulfide) groups is 1. The van der Waals surface area contributed by atoms with Gasteiger partial charge in [-0.25, -0.2) is 0 Å². The van der Waals surface area contributed by atoms with Crippen molar-refractivity contribution in [1.82, 2.24) is 5.32 Å². The van der Waals surface area contributed by atoms with Crippen LogP contribution in [0.3, 0.4) is 0 Å². The topological polar surface area (TPSA) is 67.0 Å². The van der Waals surface area contributed by atoms with Gasteiger partial charge in [0.2, 0.25) is 5.91 Å². The van der Waals surface area contributed by atoms with Crippen LogP contribution in [-0.4, -0.2) is 22.5 Å². The lowest BCUT2D eigenvalue weighted by molar-refractivity contribution is -0.137. The van der Waals surface area contributed by atoms with E-state index in [9.17, 15) is 18.0 Å². The summed E-state index contributed by atoms with van der Waals surface area (Å²) < 4.78 is 44.5. The highest BCUT2D eigenvalue weighted by Crippen LogP contribution is 2.36. The second-order valence-electron chi connectivity index (χ2n) is 7.08. The molecular weight excluding hydrogens is 534 g/mol. The number of halogens is 6. The SMILES string of the molecule is O=C1N/C(=N\N=C\c2ccc(-c3cc(C(F)(F)F)ccc3Cl)o2)SC1Cc1cc(Cl)ccc1Cl. The highest BCUT2D eigenvalue weighted by molar-refractivity contribution is 8.15. The Balaban J connectivity index is 1.44. The number of carbonyl (C=O) groups is 1. The number of carbonyl (C=O) groups excluding carboxylic acids is 1. The predicted octanol–water partition coefficient (Wildman–Crippen LogP) is 7.09. The van der Waals surface area contributed by atoms with Crippen LogP contribution in [0.25, 0.3) is 11.3 Å². The highest BCUT2D eigenvalue weighted by atomic mass is 35.5. The fourth-order valence-electron chi connectivity index (χ4n) is 3.08. The van der Waals surface area contributed by atoms with E-state index in [1.807, 2.05) is 0 Å². The molecule has 1 aliphatic heterocycles. The van der Waals surface area contributed by atoms with Crippen LogP contribution in [0.4, 0.5) is 13.2 Å². The molecule has 2 heterocycles. The molecular formula is C22H13Cl3F3N3O2S. The number of hydrogen-bond donors (Lipinski definition) is 1. The van der Waals surface area contributed by atoms with Gasteiger partial charge in [0.1, 0.15) is 11.5 Å². The zero-order chi connectivity index (χ0) is 24.5. The third kappa shape index (κ3) is 5.78. The molecule has 2 aromatic carbocycles. The molecule has 3 aromatic rings. The minimum Gasteiger partial charge on any atom is -0.455 e. The van der Waals surface area contributed by atoms with E-state index in [0.29, 0.717) is 16.5 Å². The van der Waals surface area contributed by atoms with Gasteiger partial charge in [0.25, 0.3) is 0 Å². The second kappa shape index (κ2) is 10.0. The second-order valence-corrected chi connectivity index (χ2v) is 9.52. The summed E-state index contributed by atoms with van der Waals surface area (Å²) in [7, 11) is 0. The van der Waals surface area contributed by atoms with Crippen LogP contribution in [0.1, 0.15) is 16.9 Å². The van der Waals surface area contributed by atoms with Gasteiger partial charge in [-0.15, -0.1) is 5.10 Å². The van der Waals surface area contributed by atoms with Gasteiger partial charge in [-0.3, -0.25) is 4.79 Å². The van der Waals surface area contributed by atoms with E-state index in [2.05, 4.69) is 15.5 Å². The van der Waals surface area contributed by atoms with Gasteiger partial charge in [0.15, 0.2) is 5.17 Å². The van der Waals surface area contributed by atoms with Crippen molar-refractivity contribution in [3.63, 3.8) is 0 Å². The molecule has 1 unspecified atom stereocenters. The Morgan fingerprint density at radius 2 is 1.82 bits per heavy atom. The van der Waals surface area contributed by atoms with Gasteiger partial charge < -0.3 is 9.73 Å². The Hall–Kier alpha value is -2.46. The summed E-state index contributed by atoms with van der Waals surface area (Å²) in [5.41, 5.74) is -0.000876. The summed E-state index contributed by atoms with van der Waals surface area (Å²) in [6, 6.07) is 11.0. The number of amides is 1. The first-order valence-corrected chi connectivity index (χ1v) is 11.6. The Kier molecular flexibility index (Phi) is 7.28. The summed E-state index contributed by atoms with van der Waals surface area (Å²) in [5, 5.41) is 11.5. The van der Waals surface area contributed by atoms with E-state index in [1.54, 1.807) is 18.2 Å². The molecule has 1 atom stereocenters.